The second-order valence-electron chi connectivity index (χ2n) is 3.97. The molecule has 0 spiro atoms. The van der Waals surface area contributed by atoms with Gasteiger partial charge in [0.2, 0.25) is 0 Å². The number of rotatable bonds is 6. The van der Waals surface area contributed by atoms with Crippen molar-refractivity contribution >= 4 is 7.92 Å². The molecular weight excluding hydrogens is 163 g/mol. The zero-order chi connectivity index (χ0) is 9.56. The van der Waals surface area contributed by atoms with E-state index in [0.717, 1.165) is 11.3 Å². The van der Waals surface area contributed by atoms with Crippen molar-refractivity contribution < 1.29 is 0 Å². The summed E-state index contributed by atoms with van der Waals surface area (Å²) in [5.74, 6) is 0. The largest absolute Gasteiger partial charge is 0.101 e. The van der Waals surface area contributed by atoms with Crippen LogP contribution >= 0.6 is 7.92 Å². The molecule has 0 aliphatic carbocycles. The molecule has 0 aromatic carbocycles. The zero-order valence-electron chi connectivity index (χ0n) is 9.43. The molecule has 0 bridgehead atoms. The maximum Gasteiger partial charge on any atom is -0.0235 e. The molecule has 0 radical (unpaired) electrons. The van der Waals surface area contributed by atoms with E-state index in [2.05, 4.69) is 34.6 Å². The molecule has 0 aliphatic heterocycles. The molecule has 0 amide bonds. The van der Waals surface area contributed by atoms with E-state index in [1.807, 2.05) is 0 Å². The van der Waals surface area contributed by atoms with Gasteiger partial charge in [0.05, 0.1) is 0 Å². The fourth-order valence-corrected chi connectivity index (χ4v) is 4.91. The van der Waals surface area contributed by atoms with Gasteiger partial charge in [0.1, 0.15) is 0 Å². The summed E-state index contributed by atoms with van der Waals surface area (Å²) < 4.78 is 0. The van der Waals surface area contributed by atoms with Gasteiger partial charge in [-0.2, -0.15) is 0 Å². The van der Waals surface area contributed by atoms with Crippen molar-refractivity contribution in [2.45, 2.75) is 65.2 Å². The minimum absolute atomic E-state index is 0.313. The highest BCUT2D eigenvalue weighted by Gasteiger charge is 2.17. The second kappa shape index (κ2) is 6.89. The van der Waals surface area contributed by atoms with E-state index in [9.17, 15) is 0 Å². The van der Waals surface area contributed by atoms with Crippen LogP contribution in [0.15, 0.2) is 0 Å². The smallest absolute Gasteiger partial charge is 0.0235 e. The van der Waals surface area contributed by atoms with E-state index >= 15 is 0 Å². The third kappa shape index (κ3) is 4.45. The molecule has 0 aromatic rings. The summed E-state index contributed by atoms with van der Waals surface area (Å²) >= 11 is 0. The minimum atomic E-state index is 0.313. The normalized spacial score (nSPS) is 16.5. The Hall–Kier alpha value is 0.430. The highest BCUT2D eigenvalue weighted by atomic mass is 31.1. The molecule has 2 unspecified atom stereocenters. The van der Waals surface area contributed by atoms with Crippen LogP contribution in [0.4, 0.5) is 0 Å². The molecule has 0 saturated heterocycles. The Morgan fingerprint density at radius 1 is 1.00 bits per heavy atom. The van der Waals surface area contributed by atoms with Gasteiger partial charge < -0.3 is 0 Å². The molecule has 0 aliphatic rings. The van der Waals surface area contributed by atoms with E-state index in [-0.39, 0.29) is 0 Å². The van der Waals surface area contributed by atoms with Crippen molar-refractivity contribution in [2.24, 2.45) is 0 Å². The van der Waals surface area contributed by atoms with Gasteiger partial charge in [-0.3, -0.25) is 0 Å². The van der Waals surface area contributed by atoms with Crippen molar-refractivity contribution in [1.82, 2.24) is 0 Å². The first-order chi connectivity index (χ1) is 5.63. The van der Waals surface area contributed by atoms with Crippen molar-refractivity contribution in [1.29, 1.82) is 0 Å². The third-order valence-corrected chi connectivity index (χ3v) is 6.10. The molecule has 1 heteroatoms. The number of hydrogen-bond acceptors (Lipinski definition) is 0. The average Bonchev–Trinajstić information content (AvgIpc) is 1.99. The van der Waals surface area contributed by atoms with Crippen molar-refractivity contribution in [3.05, 3.63) is 0 Å². The van der Waals surface area contributed by atoms with Crippen molar-refractivity contribution in [3.63, 3.8) is 0 Å². The van der Waals surface area contributed by atoms with Crippen LogP contribution in [-0.2, 0) is 0 Å². The first kappa shape index (κ1) is 12.4. The van der Waals surface area contributed by atoms with Crippen LogP contribution in [0, 0.1) is 0 Å². The molecule has 0 nitrogen and oxygen atoms in total. The van der Waals surface area contributed by atoms with Crippen molar-refractivity contribution in [3.8, 4) is 0 Å². The lowest BCUT2D eigenvalue weighted by molar-refractivity contribution is 0.767. The highest BCUT2D eigenvalue weighted by molar-refractivity contribution is 7.59. The third-order valence-electron chi connectivity index (χ3n) is 2.42. The van der Waals surface area contributed by atoms with Gasteiger partial charge in [-0.1, -0.05) is 47.5 Å². The Morgan fingerprint density at radius 3 is 1.92 bits per heavy atom. The second-order valence-corrected chi connectivity index (χ2v) is 7.36. The van der Waals surface area contributed by atoms with Gasteiger partial charge >= 0.3 is 0 Å². The summed E-state index contributed by atoms with van der Waals surface area (Å²) in [7, 11) is 0.313. The molecule has 0 rings (SSSR count). The molecule has 0 saturated carbocycles. The first-order valence-electron chi connectivity index (χ1n) is 5.39. The first-order valence-corrected chi connectivity index (χ1v) is 7.05. The Labute approximate surface area is 79.9 Å². The van der Waals surface area contributed by atoms with E-state index in [1.54, 1.807) is 0 Å². The lowest BCUT2D eigenvalue weighted by atomic mass is 10.3. The summed E-state index contributed by atoms with van der Waals surface area (Å²) in [5, 5.41) is 0. The maximum atomic E-state index is 2.45. The molecule has 0 fully saturated rings. The van der Waals surface area contributed by atoms with Gasteiger partial charge in [0.25, 0.3) is 0 Å². The molecule has 2 atom stereocenters. The summed E-state index contributed by atoms with van der Waals surface area (Å²) in [6.45, 7) is 11.9. The summed E-state index contributed by atoms with van der Waals surface area (Å²) in [4.78, 5) is 0. The van der Waals surface area contributed by atoms with E-state index in [0.29, 0.717) is 7.92 Å². The molecule has 0 heterocycles. The topological polar surface area (TPSA) is 0 Å². The Balaban J connectivity index is 3.90. The summed E-state index contributed by atoms with van der Waals surface area (Å²) in [6, 6.07) is 0. The molecular formula is C11H25P. The summed E-state index contributed by atoms with van der Waals surface area (Å²) in [6.07, 6.45) is 5.65. The zero-order valence-corrected chi connectivity index (χ0v) is 10.3. The van der Waals surface area contributed by atoms with Gasteiger partial charge in [-0.05, 0) is 23.9 Å². The predicted molar refractivity (Wildman–Crippen MR) is 61.6 cm³/mol. The van der Waals surface area contributed by atoms with Crippen LogP contribution in [0.25, 0.3) is 0 Å². The standard InChI is InChI=1S/C11H25P/c1-6-8-11(5)12(9-7-2)10(3)4/h10-11H,6-9H2,1-5H3. The summed E-state index contributed by atoms with van der Waals surface area (Å²) in [5.41, 5.74) is 1.92. The SMILES string of the molecule is CCCC(C)P(CCC)C(C)C. The lowest BCUT2D eigenvalue weighted by Crippen LogP contribution is -2.09. The van der Waals surface area contributed by atoms with Crippen LogP contribution in [0.5, 0.6) is 0 Å². The molecule has 74 valence electrons. The predicted octanol–water partition coefficient (Wildman–Crippen LogP) is 4.48. The highest BCUT2D eigenvalue weighted by Crippen LogP contribution is 2.47. The van der Waals surface area contributed by atoms with E-state index in [4.69, 9.17) is 0 Å². The minimum Gasteiger partial charge on any atom is -0.101 e. The van der Waals surface area contributed by atoms with E-state index < -0.39 is 0 Å². The molecule has 12 heavy (non-hydrogen) atoms. The van der Waals surface area contributed by atoms with Crippen LogP contribution in [0.3, 0.4) is 0 Å². The Morgan fingerprint density at radius 2 is 1.58 bits per heavy atom. The Kier molecular flexibility index (Phi) is 7.14. The monoisotopic (exact) mass is 188 g/mol. The number of hydrogen-bond donors (Lipinski definition) is 0. The average molecular weight is 188 g/mol. The molecule has 0 N–H and O–H groups in total. The fourth-order valence-electron chi connectivity index (χ4n) is 1.83. The fraction of sp³-hybridized carbons (Fsp3) is 1.00. The van der Waals surface area contributed by atoms with Crippen LogP contribution < -0.4 is 0 Å². The molecule has 0 aromatic heterocycles. The van der Waals surface area contributed by atoms with Crippen LogP contribution in [0.1, 0.15) is 53.9 Å². The van der Waals surface area contributed by atoms with Gasteiger partial charge in [-0.15, -0.1) is 7.92 Å². The van der Waals surface area contributed by atoms with E-state index in [1.165, 1.54) is 25.4 Å². The van der Waals surface area contributed by atoms with Gasteiger partial charge in [0.15, 0.2) is 0 Å². The lowest BCUT2D eigenvalue weighted by Gasteiger charge is -2.27. The van der Waals surface area contributed by atoms with Crippen molar-refractivity contribution in [2.75, 3.05) is 6.16 Å². The van der Waals surface area contributed by atoms with Crippen LogP contribution in [-0.4, -0.2) is 17.5 Å². The maximum absolute atomic E-state index is 2.45. The van der Waals surface area contributed by atoms with Gasteiger partial charge in [-0.25, -0.2) is 0 Å². The quantitative estimate of drug-likeness (QED) is 0.539. The van der Waals surface area contributed by atoms with Crippen LogP contribution in [0.2, 0.25) is 0 Å². The van der Waals surface area contributed by atoms with Gasteiger partial charge in [0, 0.05) is 0 Å². The Bertz CT molecular complexity index is 99.2.